The number of hydrogen-bond acceptors (Lipinski definition) is 11. The first-order valence-corrected chi connectivity index (χ1v) is 12.0. The lowest BCUT2D eigenvalue weighted by Crippen LogP contribution is -2.15. The van der Waals surface area contributed by atoms with E-state index in [2.05, 4.69) is 0 Å². The summed E-state index contributed by atoms with van der Waals surface area (Å²) in [5, 5.41) is 8.55. The highest BCUT2D eigenvalue weighted by Crippen LogP contribution is 2.12. The molecule has 0 fully saturated rings. The second kappa shape index (κ2) is 25.5. The lowest BCUT2D eigenvalue weighted by Gasteiger charge is -2.09. The summed E-state index contributed by atoms with van der Waals surface area (Å²) >= 11 is 0. The number of nitrogen functional groups attached to an aromatic ring is 1. The Kier molecular flexibility index (Phi) is 23.0. The third kappa shape index (κ3) is 22.7. The molecule has 0 aliphatic heterocycles. The van der Waals surface area contributed by atoms with Crippen LogP contribution in [0.25, 0.3) is 0 Å². The van der Waals surface area contributed by atoms with Gasteiger partial charge in [0.25, 0.3) is 0 Å². The van der Waals surface area contributed by atoms with Crippen molar-refractivity contribution in [1.29, 1.82) is 0 Å². The number of nitrogens with two attached hydrogens (primary N) is 1. The van der Waals surface area contributed by atoms with Crippen molar-refractivity contribution < 1.29 is 47.7 Å². The molecule has 1 aromatic rings. The standard InChI is InChI=1S/C24H43NO10/c25-23-1-3-24(4-2-23)35-22-21-34-20-19-33-18-17-32-16-15-31-14-13-30-12-11-29-10-9-28-8-7-27-6-5-26/h1-4,26H,5-22,25H2. The molecular weight excluding hydrogens is 462 g/mol. The maximum atomic E-state index is 8.55. The molecule has 0 aromatic heterocycles. The highest BCUT2D eigenvalue weighted by Gasteiger charge is 1.96. The second-order valence-electron chi connectivity index (χ2n) is 7.04. The van der Waals surface area contributed by atoms with Crippen molar-refractivity contribution in [2.24, 2.45) is 0 Å². The monoisotopic (exact) mass is 505 g/mol. The van der Waals surface area contributed by atoms with Gasteiger partial charge in [0.1, 0.15) is 12.4 Å². The van der Waals surface area contributed by atoms with E-state index in [-0.39, 0.29) is 6.61 Å². The lowest BCUT2D eigenvalue weighted by atomic mass is 10.3. The first-order chi connectivity index (χ1) is 17.3. The van der Waals surface area contributed by atoms with Gasteiger partial charge in [-0.25, -0.2) is 0 Å². The molecule has 0 heterocycles. The van der Waals surface area contributed by atoms with Gasteiger partial charge in [0.15, 0.2) is 0 Å². The smallest absolute Gasteiger partial charge is 0.119 e. The normalized spacial score (nSPS) is 11.2. The zero-order valence-electron chi connectivity index (χ0n) is 20.7. The van der Waals surface area contributed by atoms with Crippen LogP contribution in [0.2, 0.25) is 0 Å². The minimum absolute atomic E-state index is 0.0277. The highest BCUT2D eigenvalue weighted by molar-refractivity contribution is 5.41. The molecule has 0 saturated heterocycles. The predicted molar refractivity (Wildman–Crippen MR) is 130 cm³/mol. The number of aliphatic hydroxyl groups excluding tert-OH is 1. The van der Waals surface area contributed by atoms with E-state index < -0.39 is 0 Å². The molecule has 0 aliphatic carbocycles. The van der Waals surface area contributed by atoms with Gasteiger partial charge >= 0.3 is 0 Å². The van der Waals surface area contributed by atoms with Crippen LogP contribution in [0.15, 0.2) is 24.3 Å². The van der Waals surface area contributed by atoms with Gasteiger partial charge in [0.05, 0.1) is 112 Å². The van der Waals surface area contributed by atoms with E-state index in [4.69, 9.17) is 53.5 Å². The fourth-order valence-electron chi connectivity index (χ4n) is 2.49. The Bertz CT molecular complexity index is 550. The van der Waals surface area contributed by atoms with E-state index in [0.717, 1.165) is 5.75 Å². The van der Waals surface area contributed by atoms with Crippen LogP contribution in [-0.4, -0.2) is 124 Å². The summed E-state index contributed by atoms with van der Waals surface area (Å²) in [6, 6.07) is 7.26. The van der Waals surface area contributed by atoms with Gasteiger partial charge in [-0.3, -0.25) is 0 Å². The summed E-state index contributed by atoms with van der Waals surface area (Å²) in [4.78, 5) is 0. The first kappa shape index (κ1) is 31.5. The van der Waals surface area contributed by atoms with Crippen LogP contribution in [0.5, 0.6) is 5.75 Å². The van der Waals surface area contributed by atoms with Crippen molar-refractivity contribution in [2.75, 3.05) is 125 Å². The fraction of sp³-hybridized carbons (Fsp3) is 0.750. The molecule has 11 nitrogen and oxygen atoms in total. The molecule has 0 amide bonds. The van der Waals surface area contributed by atoms with Crippen LogP contribution in [0.3, 0.4) is 0 Å². The van der Waals surface area contributed by atoms with Crippen LogP contribution >= 0.6 is 0 Å². The molecule has 35 heavy (non-hydrogen) atoms. The largest absolute Gasteiger partial charge is 0.491 e. The lowest BCUT2D eigenvalue weighted by molar-refractivity contribution is -0.0242. The average Bonchev–Trinajstić information content (AvgIpc) is 2.87. The van der Waals surface area contributed by atoms with E-state index in [0.29, 0.717) is 118 Å². The SMILES string of the molecule is Nc1ccc(OCCOCCOCCOCCOCCOCCOCCOCCOCCO)cc1. The van der Waals surface area contributed by atoms with E-state index in [1.165, 1.54) is 0 Å². The Labute approximate surface area is 208 Å². The van der Waals surface area contributed by atoms with Gasteiger partial charge < -0.3 is 53.5 Å². The van der Waals surface area contributed by atoms with Gasteiger partial charge in [-0.1, -0.05) is 0 Å². The second-order valence-corrected chi connectivity index (χ2v) is 7.04. The van der Waals surface area contributed by atoms with Crippen LogP contribution in [-0.2, 0) is 37.9 Å². The van der Waals surface area contributed by atoms with Crippen LogP contribution in [0.4, 0.5) is 5.69 Å². The van der Waals surface area contributed by atoms with Crippen LogP contribution in [0, 0.1) is 0 Å². The molecule has 204 valence electrons. The number of benzene rings is 1. The Balaban J connectivity index is 1.65. The summed E-state index contributed by atoms with van der Waals surface area (Å²) in [5.41, 5.74) is 6.33. The Morgan fingerprint density at radius 3 is 1.03 bits per heavy atom. The van der Waals surface area contributed by atoms with Gasteiger partial charge in [0.2, 0.25) is 0 Å². The van der Waals surface area contributed by atoms with Crippen LogP contribution < -0.4 is 10.5 Å². The van der Waals surface area contributed by atoms with Gasteiger partial charge in [0, 0.05) is 5.69 Å². The maximum Gasteiger partial charge on any atom is 0.119 e. The summed E-state index contributed by atoms with van der Waals surface area (Å²) < 4.78 is 48.5. The van der Waals surface area contributed by atoms with E-state index in [1.807, 2.05) is 12.1 Å². The van der Waals surface area contributed by atoms with Crippen molar-refractivity contribution in [2.45, 2.75) is 0 Å². The van der Waals surface area contributed by atoms with Crippen molar-refractivity contribution in [3.05, 3.63) is 24.3 Å². The molecule has 0 radical (unpaired) electrons. The van der Waals surface area contributed by atoms with Gasteiger partial charge in [-0.2, -0.15) is 0 Å². The molecule has 3 N–H and O–H groups in total. The molecule has 11 heteroatoms. The van der Waals surface area contributed by atoms with Gasteiger partial charge in [-0.15, -0.1) is 0 Å². The third-order valence-electron chi connectivity index (χ3n) is 4.22. The molecule has 0 saturated carbocycles. The molecule has 0 atom stereocenters. The van der Waals surface area contributed by atoms with Gasteiger partial charge in [-0.05, 0) is 24.3 Å². The molecule has 0 aliphatic rings. The zero-order valence-corrected chi connectivity index (χ0v) is 20.7. The topological polar surface area (TPSA) is 129 Å². The predicted octanol–water partition coefficient (Wildman–Crippen LogP) is 0.773. The minimum atomic E-state index is 0.0277. The fourth-order valence-corrected chi connectivity index (χ4v) is 2.49. The quantitative estimate of drug-likeness (QED) is 0.130. The summed E-state index contributed by atoms with van der Waals surface area (Å²) in [5.74, 6) is 0.772. The Hall–Kier alpha value is -1.54. The number of anilines is 1. The summed E-state index contributed by atoms with van der Waals surface area (Å²) in [6.45, 7) is 8.42. The zero-order chi connectivity index (χ0) is 25.1. The summed E-state index contributed by atoms with van der Waals surface area (Å²) in [7, 11) is 0. The van der Waals surface area contributed by atoms with Crippen LogP contribution in [0.1, 0.15) is 0 Å². The molecule has 0 spiro atoms. The third-order valence-corrected chi connectivity index (χ3v) is 4.22. The molecular formula is C24H43NO10. The summed E-state index contributed by atoms with van der Waals surface area (Å²) in [6.07, 6.45) is 0. The maximum absolute atomic E-state index is 8.55. The number of hydrogen-bond donors (Lipinski definition) is 2. The van der Waals surface area contributed by atoms with E-state index >= 15 is 0 Å². The van der Waals surface area contributed by atoms with Crippen molar-refractivity contribution >= 4 is 5.69 Å². The van der Waals surface area contributed by atoms with Crippen molar-refractivity contribution in [3.8, 4) is 5.75 Å². The van der Waals surface area contributed by atoms with Crippen molar-refractivity contribution in [3.63, 3.8) is 0 Å². The van der Waals surface area contributed by atoms with E-state index in [1.54, 1.807) is 12.1 Å². The number of aliphatic hydroxyl groups is 1. The van der Waals surface area contributed by atoms with E-state index in [9.17, 15) is 0 Å². The Morgan fingerprint density at radius 1 is 0.429 bits per heavy atom. The minimum Gasteiger partial charge on any atom is -0.491 e. The molecule has 1 rings (SSSR count). The molecule has 1 aromatic carbocycles. The number of ether oxygens (including phenoxy) is 9. The average molecular weight is 506 g/mol. The highest BCUT2D eigenvalue weighted by atomic mass is 16.6. The number of rotatable bonds is 27. The Morgan fingerprint density at radius 2 is 0.714 bits per heavy atom. The molecule has 0 bridgehead atoms. The molecule has 0 unspecified atom stereocenters. The van der Waals surface area contributed by atoms with Crippen molar-refractivity contribution in [1.82, 2.24) is 0 Å². The first-order valence-electron chi connectivity index (χ1n) is 12.0.